The summed E-state index contributed by atoms with van der Waals surface area (Å²) >= 11 is 9.24. The molecule has 0 bridgehead atoms. The van der Waals surface area contributed by atoms with E-state index in [0.29, 0.717) is 16.8 Å². The van der Waals surface area contributed by atoms with Gasteiger partial charge in [-0.3, -0.25) is 0 Å². The number of benzene rings is 1. The number of nitrogens with two attached hydrogens (primary N) is 1. The van der Waals surface area contributed by atoms with E-state index in [2.05, 4.69) is 20.7 Å². The van der Waals surface area contributed by atoms with E-state index in [0.717, 1.165) is 0 Å². The number of rotatable bonds is 6. The molecular weight excluding hydrogens is 399 g/mol. The minimum absolute atomic E-state index is 0. The van der Waals surface area contributed by atoms with Crippen LogP contribution >= 0.6 is 39.9 Å². The maximum atomic E-state index is 12.5. The third-order valence-corrected chi connectivity index (χ3v) is 5.97. The zero-order valence-electron chi connectivity index (χ0n) is 12.2. The summed E-state index contributed by atoms with van der Waals surface area (Å²) in [6, 6.07) is 4.87. The number of halogens is 3. The monoisotopic (exact) mass is 418 g/mol. The van der Waals surface area contributed by atoms with Crippen LogP contribution in [0.2, 0.25) is 5.02 Å². The fourth-order valence-corrected chi connectivity index (χ4v) is 5.35. The Morgan fingerprint density at radius 3 is 2.43 bits per heavy atom. The zero-order chi connectivity index (χ0) is 15.6. The fraction of sp³-hybridized carbons (Fsp3) is 0.538. The highest BCUT2D eigenvalue weighted by Gasteiger charge is 2.32. The predicted molar refractivity (Wildman–Crippen MR) is 93.6 cm³/mol. The molecule has 0 aliphatic rings. The topological polar surface area (TPSA) is 72.2 Å². The van der Waals surface area contributed by atoms with Gasteiger partial charge in [0.25, 0.3) is 0 Å². The zero-order valence-corrected chi connectivity index (χ0v) is 16.2. The molecule has 1 aromatic carbocycles. The Kier molecular flexibility index (Phi) is 8.19. The second-order valence-electron chi connectivity index (χ2n) is 5.52. The second kappa shape index (κ2) is 8.13. The van der Waals surface area contributed by atoms with Crippen LogP contribution in [-0.4, -0.2) is 20.5 Å². The molecule has 4 nitrogen and oxygen atoms in total. The van der Waals surface area contributed by atoms with Crippen molar-refractivity contribution >= 4 is 50.0 Å². The Morgan fingerprint density at radius 1 is 1.43 bits per heavy atom. The molecule has 1 unspecified atom stereocenters. The normalized spacial score (nSPS) is 14.6. The first kappa shape index (κ1) is 21.1. The number of sulfonamides is 1. The highest BCUT2D eigenvalue weighted by molar-refractivity contribution is 9.10. The van der Waals surface area contributed by atoms with Gasteiger partial charge in [-0.15, -0.1) is 12.4 Å². The van der Waals surface area contributed by atoms with E-state index < -0.39 is 15.6 Å². The molecule has 0 aliphatic carbocycles. The minimum atomic E-state index is -3.75. The van der Waals surface area contributed by atoms with Gasteiger partial charge in [-0.25, -0.2) is 13.1 Å². The summed E-state index contributed by atoms with van der Waals surface area (Å²) in [5.41, 5.74) is 5.04. The molecule has 0 saturated carbocycles. The molecule has 1 rings (SSSR count). The molecule has 0 radical (unpaired) electrons. The van der Waals surface area contributed by atoms with Crippen LogP contribution < -0.4 is 10.5 Å². The van der Waals surface area contributed by atoms with Gasteiger partial charge in [-0.2, -0.15) is 0 Å². The smallest absolute Gasteiger partial charge is 0.243 e. The highest BCUT2D eigenvalue weighted by Crippen LogP contribution is 2.30. The van der Waals surface area contributed by atoms with Gasteiger partial charge < -0.3 is 5.73 Å². The first-order chi connectivity index (χ1) is 9.11. The Balaban J connectivity index is 0.00000400. The Hall–Kier alpha value is 0.150. The Morgan fingerprint density at radius 2 is 2.00 bits per heavy atom. The maximum Gasteiger partial charge on any atom is 0.243 e. The first-order valence-corrected chi connectivity index (χ1v) is 8.95. The molecule has 0 saturated heterocycles. The second-order valence-corrected chi connectivity index (χ2v) is 8.40. The van der Waals surface area contributed by atoms with Crippen LogP contribution in [0.4, 0.5) is 0 Å². The molecular formula is C13H21BrCl2N2O2S. The van der Waals surface area contributed by atoms with E-state index >= 15 is 0 Å². The molecule has 1 atom stereocenters. The van der Waals surface area contributed by atoms with Crippen molar-refractivity contribution in [3.05, 3.63) is 27.7 Å². The molecule has 0 aromatic heterocycles. The van der Waals surface area contributed by atoms with Crippen molar-refractivity contribution in [3.8, 4) is 0 Å². The lowest BCUT2D eigenvalue weighted by Crippen LogP contribution is -2.52. The Labute approximate surface area is 146 Å². The number of nitrogens with one attached hydrogen (secondary N) is 1. The van der Waals surface area contributed by atoms with Crippen LogP contribution in [0.15, 0.2) is 27.6 Å². The third kappa shape index (κ3) is 5.69. The van der Waals surface area contributed by atoms with Crippen molar-refractivity contribution in [2.45, 2.75) is 37.6 Å². The van der Waals surface area contributed by atoms with Crippen molar-refractivity contribution in [2.75, 3.05) is 6.54 Å². The molecule has 1 aromatic rings. The molecule has 0 spiro atoms. The number of hydrogen-bond donors (Lipinski definition) is 2. The summed E-state index contributed by atoms with van der Waals surface area (Å²) < 4.78 is 28.2. The van der Waals surface area contributed by atoms with Gasteiger partial charge >= 0.3 is 0 Å². The Bertz CT molecular complexity index is 561. The molecule has 0 fully saturated rings. The average molecular weight is 420 g/mol. The van der Waals surface area contributed by atoms with E-state index in [4.69, 9.17) is 17.3 Å². The van der Waals surface area contributed by atoms with Gasteiger partial charge in [0.05, 0.1) is 5.02 Å². The van der Waals surface area contributed by atoms with Crippen molar-refractivity contribution < 1.29 is 8.42 Å². The van der Waals surface area contributed by atoms with E-state index in [1.54, 1.807) is 25.1 Å². The first-order valence-electron chi connectivity index (χ1n) is 6.29. The van der Waals surface area contributed by atoms with Crippen LogP contribution in [0.3, 0.4) is 0 Å². The SMILES string of the molecule is CC(C)CC(C)(CN)NS(=O)(=O)c1c(Cl)cccc1Br.Cl. The lowest BCUT2D eigenvalue weighted by molar-refractivity contribution is 0.344. The molecule has 0 heterocycles. The molecule has 3 N–H and O–H groups in total. The van der Waals surface area contributed by atoms with Gasteiger partial charge in [0.15, 0.2) is 0 Å². The maximum absolute atomic E-state index is 12.5. The minimum Gasteiger partial charge on any atom is -0.329 e. The third-order valence-electron chi connectivity index (χ3n) is 2.88. The summed E-state index contributed by atoms with van der Waals surface area (Å²) in [7, 11) is -3.75. The molecule has 122 valence electrons. The highest BCUT2D eigenvalue weighted by atomic mass is 79.9. The van der Waals surface area contributed by atoms with E-state index in [9.17, 15) is 8.42 Å². The van der Waals surface area contributed by atoms with Gasteiger partial charge in [0.2, 0.25) is 10.0 Å². The summed E-state index contributed by atoms with van der Waals surface area (Å²) in [6.45, 7) is 6.06. The standard InChI is InChI=1S/C13H20BrClN2O2S.ClH/c1-9(2)7-13(3,8-16)17-20(18,19)12-10(14)5-4-6-11(12)15;/h4-6,9,17H,7-8,16H2,1-3H3;1H. The van der Waals surface area contributed by atoms with Crippen LogP contribution in [0.1, 0.15) is 27.2 Å². The summed E-state index contributed by atoms with van der Waals surface area (Å²) in [4.78, 5) is 0.0464. The number of hydrogen-bond acceptors (Lipinski definition) is 3. The van der Waals surface area contributed by atoms with E-state index in [1.165, 1.54) is 0 Å². The predicted octanol–water partition coefficient (Wildman–Crippen LogP) is 3.57. The summed E-state index contributed by atoms with van der Waals surface area (Å²) in [5, 5.41) is 0.177. The summed E-state index contributed by atoms with van der Waals surface area (Å²) in [5.74, 6) is 0.320. The van der Waals surface area contributed by atoms with E-state index in [1.807, 2.05) is 13.8 Å². The van der Waals surface area contributed by atoms with Crippen LogP contribution in [-0.2, 0) is 10.0 Å². The van der Waals surface area contributed by atoms with Gasteiger partial charge in [-0.1, -0.05) is 31.5 Å². The van der Waals surface area contributed by atoms with Gasteiger partial charge in [0, 0.05) is 16.6 Å². The van der Waals surface area contributed by atoms with Gasteiger partial charge in [0.1, 0.15) is 4.90 Å². The summed E-state index contributed by atoms with van der Waals surface area (Å²) in [6.07, 6.45) is 0.644. The van der Waals surface area contributed by atoms with Crippen LogP contribution in [0.5, 0.6) is 0 Å². The molecule has 0 aliphatic heterocycles. The lowest BCUT2D eigenvalue weighted by Gasteiger charge is -2.31. The quantitative estimate of drug-likeness (QED) is 0.740. The average Bonchev–Trinajstić information content (AvgIpc) is 2.26. The fourth-order valence-electron chi connectivity index (χ4n) is 2.18. The van der Waals surface area contributed by atoms with Crippen molar-refractivity contribution in [3.63, 3.8) is 0 Å². The van der Waals surface area contributed by atoms with Crippen molar-refractivity contribution in [2.24, 2.45) is 11.7 Å². The van der Waals surface area contributed by atoms with Crippen LogP contribution in [0, 0.1) is 5.92 Å². The lowest BCUT2D eigenvalue weighted by atomic mass is 9.92. The molecule has 8 heteroatoms. The van der Waals surface area contributed by atoms with E-state index in [-0.39, 0.29) is 28.9 Å². The largest absolute Gasteiger partial charge is 0.329 e. The van der Waals surface area contributed by atoms with Gasteiger partial charge in [-0.05, 0) is 47.3 Å². The van der Waals surface area contributed by atoms with Crippen LogP contribution in [0.25, 0.3) is 0 Å². The molecule has 21 heavy (non-hydrogen) atoms. The van der Waals surface area contributed by atoms with Crippen molar-refractivity contribution in [1.29, 1.82) is 0 Å². The van der Waals surface area contributed by atoms with Crippen molar-refractivity contribution in [1.82, 2.24) is 4.72 Å². The molecule has 0 amide bonds.